The van der Waals surface area contributed by atoms with Crippen LogP contribution in [0.15, 0.2) is 46.9 Å². The molecule has 0 saturated heterocycles. The number of aromatic nitrogens is 1. The topological polar surface area (TPSA) is 98.9 Å². The molecule has 3 aromatic rings. The van der Waals surface area contributed by atoms with Crippen LogP contribution in [0.2, 0.25) is 0 Å². The van der Waals surface area contributed by atoms with Crippen molar-refractivity contribution in [2.75, 3.05) is 19.1 Å². The number of hydrazone groups is 1. The number of rotatable bonds is 10. The van der Waals surface area contributed by atoms with Crippen molar-refractivity contribution < 1.29 is 18.8 Å². The number of anilines is 1. The maximum absolute atomic E-state index is 13.1. The molecule has 0 radical (unpaired) electrons. The summed E-state index contributed by atoms with van der Waals surface area (Å²) in [4.78, 5) is 15.4. The molecule has 31 heavy (non-hydrogen) atoms. The molecule has 2 aromatic carbocycles. The minimum absolute atomic E-state index is 0.106. The predicted molar refractivity (Wildman–Crippen MR) is 119 cm³/mol. The van der Waals surface area contributed by atoms with Gasteiger partial charge in [-0.2, -0.15) is 5.10 Å². The Morgan fingerprint density at radius 3 is 2.77 bits per heavy atom. The van der Waals surface area contributed by atoms with Gasteiger partial charge in [0.15, 0.2) is 5.75 Å². The normalized spacial score (nSPS) is 10.9. The predicted octanol–water partition coefficient (Wildman–Crippen LogP) is 5.49. The van der Waals surface area contributed by atoms with E-state index in [0.29, 0.717) is 23.0 Å². The van der Waals surface area contributed by atoms with Crippen molar-refractivity contribution in [2.45, 2.75) is 19.8 Å². The number of nitro benzene ring substituents is 1. The lowest BCUT2D eigenvalue weighted by atomic mass is 10.2. The first-order valence-electron chi connectivity index (χ1n) is 9.51. The molecule has 0 aliphatic heterocycles. The lowest BCUT2D eigenvalue weighted by Gasteiger charge is -2.11. The molecule has 10 heteroatoms. The van der Waals surface area contributed by atoms with E-state index in [1.165, 1.54) is 42.9 Å². The van der Waals surface area contributed by atoms with Crippen molar-refractivity contribution in [3.63, 3.8) is 0 Å². The number of halogens is 1. The molecule has 0 unspecified atom stereocenters. The van der Waals surface area contributed by atoms with Crippen molar-refractivity contribution in [1.29, 1.82) is 0 Å². The van der Waals surface area contributed by atoms with E-state index in [4.69, 9.17) is 9.47 Å². The Morgan fingerprint density at radius 1 is 1.32 bits per heavy atom. The van der Waals surface area contributed by atoms with Crippen molar-refractivity contribution in [3.8, 4) is 22.8 Å². The van der Waals surface area contributed by atoms with Gasteiger partial charge in [0.05, 0.1) is 30.5 Å². The van der Waals surface area contributed by atoms with E-state index in [2.05, 4.69) is 15.5 Å². The Balaban J connectivity index is 1.75. The third-order valence-electron chi connectivity index (χ3n) is 4.24. The molecule has 1 heterocycles. The van der Waals surface area contributed by atoms with Crippen LogP contribution in [0.5, 0.6) is 11.5 Å². The van der Waals surface area contributed by atoms with E-state index >= 15 is 0 Å². The van der Waals surface area contributed by atoms with E-state index in [1.54, 1.807) is 18.2 Å². The SMILES string of the molecule is CCCCOc1c(OC)cc(/C=N\Nc2nc(-c3ccc(F)cc3)cs2)cc1[N+](=O)[O-]. The van der Waals surface area contributed by atoms with Crippen LogP contribution >= 0.6 is 11.3 Å². The van der Waals surface area contributed by atoms with E-state index in [-0.39, 0.29) is 23.0 Å². The fourth-order valence-corrected chi connectivity index (χ4v) is 3.34. The number of hydrogen-bond donors (Lipinski definition) is 1. The molecule has 3 rings (SSSR count). The van der Waals surface area contributed by atoms with Gasteiger partial charge in [-0.3, -0.25) is 15.5 Å². The fraction of sp³-hybridized carbons (Fsp3) is 0.238. The van der Waals surface area contributed by atoms with E-state index in [0.717, 1.165) is 18.4 Å². The summed E-state index contributed by atoms with van der Waals surface area (Å²) in [5.41, 5.74) is 4.55. The molecule has 8 nitrogen and oxygen atoms in total. The summed E-state index contributed by atoms with van der Waals surface area (Å²) in [7, 11) is 1.43. The number of methoxy groups -OCH3 is 1. The van der Waals surface area contributed by atoms with E-state index in [9.17, 15) is 14.5 Å². The van der Waals surface area contributed by atoms with Crippen LogP contribution < -0.4 is 14.9 Å². The number of unbranched alkanes of at least 4 members (excludes halogenated alkanes) is 1. The van der Waals surface area contributed by atoms with Gasteiger partial charge in [0, 0.05) is 22.6 Å². The average molecular weight is 444 g/mol. The molecule has 0 saturated carbocycles. The monoisotopic (exact) mass is 444 g/mol. The van der Waals surface area contributed by atoms with Crippen molar-refractivity contribution >= 4 is 28.4 Å². The largest absolute Gasteiger partial charge is 0.493 e. The average Bonchev–Trinajstić information content (AvgIpc) is 3.23. The number of hydrogen-bond acceptors (Lipinski definition) is 8. The lowest BCUT2D eigenvalue weighted by Crippen LogP contribution is -2.03. The van der Waals surface area contributed by atoms with Crippen LogP contribution in [0.1, 0.15) is 25.3 Å². The van der Waals surface area contributed by atoms with E-state index < -0.39 is 4.92 Å². The molecule has 0 atom stereocenters. The molecule has 1 N–H and O–H groups in total. The number of thiazole rings is 1. The minimum Gasteiger partial charge on any atom is -0.493 e. The molecule has 0 amide bonds. The van der Waals surface area contributed by atoms with Crippen molar-refractivity contribution in [1.82, 2.24) is 4.98 Å². The molecule has 0 aliphatic rings. The van der Waals surface area contributed by atoms with Gasteiger partial charge in [0.2, 0.25) is 10.9 Å². The fourth-order valence-electron chi connectivity index (χ4n) is 2.67. The second-order valence-electron chi connectivity index (χ2n) is 6.45. The van der Waals surface area contributed by atoms with Gasteiger partial charge in [0.25, 0.3) is 0 Å². The number of benzene rings is 2. The van der Waals surface area contributed by atoms with Gasteiger partial charge in [-0.1, -0.05) is 13.3 Å². The second-order valence-corrected chi connectivity index (χ2v) is 7.30. The summed E-state index contributed by atoms with van der Waals surface area (Å²) < 4.78 is 23.9. The highest BCUT2D eigenvalue weighted by atomic mass is 32.1. The van der Waals surface area contributed by atoms with Gasteiger partial charge >= 0.3 is 5.69 Å². The number of nitrogens with one attached hydrogen (secondary N) is 1. The Kier molecular flexibility index (Phi) is 7.50. The Labute approximate surface area is 182 Å². The molecule has 0 spiro atoms. The highest BCUT2D eigenvalue weighted by Crippen LogP contribution is 2.38. The summed E-state index contributed by atoms with van der Waals surface area (Å²) in [6.07, 6.45) is 3.12. The quantitative estimate of drug-likeness (QED) is 0.192. The smallest absolute Gasteiger partial charge is 0.315 e. The Morgan fingerprint density at radius 2 is 2.10 bits per heavy atom. The van der Waals surface area contributed by atoms with Gasteiger partial charge < -0.3 is 9.47 Å². The van der Waals surface area contributed by atoms with Crippen molar-refractivity contribution in [3.05, 3.63) is 63.3 Å². The van der Waals surface area contributed by atoms with Crippen LogP contribution in [0.3, 0.4) is 0 Å². The first-order chi connectivity index (χ1) is 15.0. The number of ether oxygens (including phenoxy) is 2. The zero-order valence-electron chi connectivity index (χ0n) is 17.0. The maximum Gasteiger partial charge on any atom is 0.315 e. The van der Waals surface area contributed by atoms with Gasteiger partial charge in [-0.15, -0.1) is 11.3 Å². The Hall–Kier alpha value is -3.53. The van der Waals surface area contributed by atoms with Crippen LogP contribution in [0.4, 0.5) is 15.2 Å². The highest BCUT2D eigenvalue weighted by Gasteiger charge is 2.22. The molecular weight excluding hydrogens is 423 g/mol. The lowest BCUT2D eigenvalue weighted by molar-refractivity contribution is -0.386. The highest BCUT2D eigenvalue weighted by molar-refractivity contribution is 7.14. The van der Waals surface area contributed by atoms with Crippen LogP contribution in [-0.2, 0) is 0 Å². The summed E-state index contributed by atoms with van der Waals surface area (Å²) in [5.74, 6) is 0.0581. The van der Waals surface area contributed by atoms with Crippen LogP contribution in [-0.4, -0.2) is 29.8 Å². The zero-order chi connectivity index (χ0) is 22.2. The molecule has 1 aromatic heterocycles. The summed E-state index contributed by atoms with van der Waals surface area (Å²) in [6.45, 7) is 2.37. The first kappa shape index (κ1) is 22.2. The molecule has 0 bridgehead atoms. The molecule has 0 aliphatic carbocycles. The molecule has 162 valence electrons. The van der Waals surface area contributed by atoms with E-state index in [1.807, 2.05) is 12.3 Å². The van der Waals surface area contributed by atoms with Gasteiger partial charge in [-0.25, -0.2) is 9.37 Å². The summed E-state index contributed by atoms with van der Waals surface area (Å²) in [6, 6.07) is 9.03. The zero-order valence-corrected chi connectivity index (χ0v) is 17.8. The van der Waals surface area contributed by atoms with Gasteiger partial charge in [0.1, 0.15) is 5.82 Å². The summed E-state index contributed by atoms with van der Waals surface area (Å²) in [5, 5.41) is 18.0. The molecule has 0 fully saturated rings. The Bertz CT molecular complexity index is 1070. The third kappa shape index (κ3) is 5.76. The van der Waals surface area contributed by atoms with Gasteiger partial charge in [-0.05, 0) is 36.8 Å². The van der Waals surface area contributed by atoms with Crippen molar-refractivity contribution in [2.24, 2.45) is 5.10 Å². The number of nitro groups is 1. The maximum atomic E-state index is 13.1. The summed E-state index contributed by atoms with van der Waals surface area (Å²) >= 11 is 1.33. The first-order valence-corrected chi connectivity index (χ1v) is 10.4. The third-order valence-corrected chi connectivity index (χ3v) is 4.98. The standard InChI is InChI=1S/C21H21FN4O4S/c1-3-4-9-30-20-18(26(27)28)10-14(11-19(20)29-2)12-23-25-21-24-17(13-31-21)15-5-7-16(22)8-6-15/h5-8,10-13H,3-4,9H2,1-2H3,(H,24,25)/b23-12-. The molecular formula is C21H21FN4O4S. The van der Waals surface area contributed by atoms with Crippen LogP contribution in [0, 0.1) is 15.9 Å². The minimum atomic E-state index is -0.510. The van der Waals surface area contributed by atoms with Crippen LogP contribution in [0.25, 0.3) is 11.3 Å². The second kappa shape index (κ2) is 10.5. The number of nitrogens with zero attached hydrogens (tertiary/aromatic N) is 3.